The minimum atomic E-state index is -2.58. The molecule has 1 aromatic carbocycles. The topological polar surface area (TPSA) is 34.1 Å². The minimum Gasteiger partial charge on any atom is -0.494 e. The van der Waals surface area contributed by atoms with Gasteiger partial charge < -0.3 is 10.1 Å². The fourth-order valence-corrected chi connectivity index (χ4v) is 1.80. The molecule has 0 atom stereocenters. The summed E-state index contributed by atoms with van der Waals surface area (Å²) < 4.78 is 30.8. The van der Waals surface area contributed by atoms with Crippen LogP contribution in [-0.4, -0.2) is 18.6 Å². The van der Waals surface area contributed by atoms with Crippen LogP contribution in [0.1, 0.15) is 19.0 Å². The van der Waals surface area contributed by atoms with Gasteiger partial charge in [0.15, 0.2) is 0 Å². The van der Waals surface area contributed by atoms with Gasteiger partial charge >= 0.3 is 0 Å². The van der Waals surface area contributed by atoms with E-state index in [-0.39, 0.29) is 5.69 Å². The van der Waals surface area contributed by atoms with Gasteiger partial charge in [-0.2, -0.15) is 0 Å². The fourth-order valence-electron chi connectivity index (χ4n) is 1.80. The molecule has 0 saturated heterocycles. The maximum absolute atomic E-state index is 12.7. The number of fused-ring (bicyclic) bond motifs is 1. The van der Waals surface area contributed by atoms with Crippen molar-refractivity contribution in [3.8, 4) is 5.75 Å². The first kappa shape index (κ1) is 12.5. The number of hydrogen-bond donors (Lipinski definition) is 1. The smallest absolute Gasteiger partial charge is 0.280 e. The third kappa shape index (κ3) is 2.34. The zero-order valence-electron chi connectivity index (χ0n) is 10.2. The maximum Gasteiger partial charge on any atom is 0.280 e. The summed E-state index contributed by atoms with van der Waals surface area (Å²) in [6, 6.07) is 6.58. The van der Waals surface area contributed by atoms with Gasteiger partial charge in [-0.3, -0.25) is 0 Å². The third-order valence-electron chi connectivity index (χ3n) is 2.60. The predicted octanol–water partition coefficient (Wildman–Crippen LogP) is 3.61. The van der Waals surface area contributed by atoms with Crippen LogP contribution in [0, 0.1) is 0 Å². The van der Waals surface area contributed by atoms with Crippen LogP contribution in [0.2, 0.25) is 0 Å². The van der Waals surface area contributed by atoms with Crippen LogP contribution in [0.3, 0.4) is 0 Å². The van der Waals surface area contributed by atoms with E-state index in [2.05, 4.69) is 10.3 Å². The molecule has 1 heterocycles. The molecule has 0 radical (unpaired) electrons. The molecule has 0 aliphatic rings. The van der Waals surface area contributed by atoms with Crippen LogP contribution in [-0.2, 0) is 0 Å². The highest BCUT2D eigenvalue weighted by molar-refractivity contribution is 5.92. The molecule has 0 aliphatic carbocycles. The van der Waals surface area contributed by atoms with Crippen LogP contribution >= 0.6 is 0 Å². The van der Waals surface area contributed by atoms with Crippen LogP contribution in [0.15, 0.2) is 24.3 Å². The normalized spacial score (nSPS) is 10.9. The Balaban J connectivity index is 2.60. The molecule has 2 rings (SSSR count). The SMILES string of the molecule is CCOc1ccc2nc(C(F)F)cc(NC)c2c1. The molecule has 18 heavy (non-hydrogen) atoms. The molecule has 2 aromatic rings. The summed E-state index contributed by atoms with van der Waals surface area (Å²) >= 11 is 0. The fraction of sp³-hybridized carbons (Fsp3) is 0.308. The standard InChI is InChI=1S/C13H14F2N2O/c1-3-18-8-4-5-10-9(6-8)11(16-2)7-12(17-10)13(14)15/h4-7,13H,3H2,1-2H3,(H,16,17). The number of hydrogen-bond acceptors (Lipinski definition) is 3. The highest BCUT2D eigenvalue weighted by atomic mass is 19.3. The Morgan fingerprint density at radius 1 is 1.33 bits per heavy atom. The van der Waals surface area contributed by atoms with E-state index in [1.165, 1.54) is 6.07 Å². The van der Waals surface area contributed by atoms with Gasteiger partial charge in [-0.1, -0.05) is 0 Å². The van der Waals surface area contributed by atoms with Gasteiger partial charge in [0.2, 0.25) is 0 Å². The van der Waals surface area contributed by atoms with Crippen LogP contribution in [0.5, 0.6) is 5.75 Å². The second-order valence-electron chi connectivity index (χ2n) is 3.76. The van der Waals surface area contributed by atoms with Gasteiger partial charge in [0, 0.05) is 18.1 Å². The van der Waals surface area contributed by atoms with Crippen molar-refractivity contribution in [3.05, 3.63) is 30.0 Å². The lowest BCUT2D eigenvalue weighted by Crippen LogP contribution is -1.98. The summed E-state index contributed by atoms with van der Waals surface area (Å²) in [5.41, 5.74) is 0.925. The minimum absolute atomic E-state index is 0.226. The lowest BCUT2D eigenvalue weighted by atomic mass is 10.1. The van der Waals surface area contributed by atoms with Crippen LogP contribution < -0.4 is 10.1 Å². The summed E-state index contributed by atoms with van der Waals surface area (Å²) in [7, 11) is 1.69. The highest BCUT2D eigenvalue weighted by Gasteiger charge is 2.13. The van der Waals surface area contributed by atoms with E-state index < -0.39 is 6.43 Å². The van der Waals surface area contributed by atoms with E-state index in [0.717, 1.165) is 5.39 Å². The van der Waals surface area contributed by atoms with E-state index in [4.69, 9.17) is 4.74 Å². The Morgan fingerprint density at radius 2 is 2.11 bits per heavy atom. The molecule has 3 nitrogen and oxygen atoms in total. The monoisotopic (exact) mass is 252 g/mol. The summed E-state index contributed by atoms with van der Waals surface area (Å²) in [4.78, 5) is 3.94. The van der Waals surface area contributed by atoms with Gasteiger partial charge in [0.05, 0.1) is 12.1 Å². The second-order valence-corrected chi connectivity index (χ2v) is 3.76. The molecule has 0 unspecified atom stereocenters. The quantitative estimate of drug-likeness (QED) is 0.902. The number of rotatable bonds is 4. The van der Waals surface area contributed by atoms with E-state index in [0.29, 0.717) is 23.6 Å². The van der Waals surface area contributed by atoms with Crippen molar-refractivity contribution in [2.75, 3.05) is 19.0 Å². The zero-order chi connectivity index (χ0) is 13.1. The Morgan fingerprint density at radius 3 is 2.72 bits per heavy atom. The first-order valence-electron chi connectivity index (χ1n) is 5.69. The summed E-state index contributed by atoms with van der Waals surface area (Å²) in [6.07, 6.45) is -2.58. The predicted molar refractivity (Wildman–Crippen MR) is 67.4 cm³/mol. The molecule has 5 heteroatoms. The molecule has 0 saturated carbocycles. The van der Waals surface area contributed by atoms with E-state index in [1.54, 1.807) is 25.2 Å². The Hall–Kier alpha value is -1.91. The van der Waals surface area contributed by atoms with Crippen molar-refractivity contribution in [1.82, 2.24) is 4.98 Å². The maximum atomic E-state index is 12.7. The number of halogens is 2. The summed E-state index contributed by atoms with van der Waals surface area (Å²) in [5, 5.41) is 3.68. The lowest BCUT2D eigenvalue weighted by Gasteiger charge is -2.10. The highest BCUT2D eigenvalue weighted by Crippen LogP contribution is 2.30. The first-order chi connectivity index (χ1) is 8.65. The summed E-state index contributed by atoms with van der Waals surface area (Å²) in [5.74, 6) is 0.702. The van der Waals surface area contributed by atoms with E-state index >= 15 is 0 Å². The number of alkyl halides is 2. The van der Waals surface area contributed by atoms with Crippen molar-refractivity contribution in [2.45, 2.75) is 13.3 Å². The number of pyridine rings is 1. The number of nitrogens with one attached hydrogen (secondary N) is 1. The zero-order valence-corrected chi connectivity index (χ0v) is 10.2. The Kier molecular flexibility index (Phi) is 3.60. The molecule has 0 fully saturated rings. The van der Waals surface area contributed by atoms with Crippen molar-refractivity contribution >= 4 is 16.6 Å². The van der Waals surface area contributed by atoms with Crippen molar-refractivity contribution in [1.29, 1.82) is 0 Å². The van der Waals surface area contributed by atoms with Gasteiger partial charge in [0.1, 0.15) is 11.4 Å². The van der Waals surface area contributed by atoms with Crippen LogP contribution in [0.4, 0.5) is 14.5 Å². The average molecular weight is 252 g/mol. The van der Waals surface area contributed by atoms with Crippen molar-refractivity contribution in [3.63, 3.8) is 0 Å². The van der Waals surface area contributed by atoms with E-state index in [1.807, 2.05) is 6.92 Å². The van der Waals surface area contributed by atoms with Crippen LogP contribution in [0.25, 0.3) is 10.9 Å². The number of benzene rings is 1. The van der Waals surface area contributed by atoms with Gasteiger partial charge in [0.25, 0.3) is 6.43 Å². The Bertz CT molecular complexity index is 558. The van der Waals surface area contributed by atoms with E-state index in [9.17, 15) is 8.78 Å². The number of nitrogens with zero attached hydrogens (tertiary/aromatic N) is 1. The van der Waals surface area contributed by atoms with Gasteiger partial charge in [-0.25, -0.2) is 13.8 Å². The molecule has 0 spiro atoms. The molecule has 1 N–H and O–H groups in total. The number of anilines is 1. The molecule has 1 aromatic heterocycles. The molecule has 0 amide bonds. The van der Waals surface area contributed by atoms with Gasteiger partial charge in [-0.15, -0.1) is 0 Å². The molecule has 0 bridgehead atoms. The number of aromatic nitrogens is 1. The lowest BCUT2D eigenvalue weighted by molar-refractivity contribution is 0.146. The first-order valence-corrected chi connectivity index (χ1v) is 5.69. The average Bonchev–Trinajstić information content (AvgIpc) is 2.37. The Labute approximate surface area is 104 Å². The second kappa shape index (κ2) is 5.16. The third-order valence-corrected chi connectivity index (χ3v) is 2.60. The number of ether oxygens (including phenoxy) is 1. The summed E-state index contributed by atoms with van der Waals surface area (Å²) in [6.45, 7) is 2.45. The molecule has 0 aliphatic heterocycles. The molecular weight excluding hydrogens is 238 g/mol. The largest absolute Gasteiger partial charge is 0.494 e. The van der Waals surface area contributed by atoms with Gasteiger partial charge in [-0.05, 0) is 31.2 Å². The van der Waals surface area contributed by atoms with Crippen molar-refractivity contribution < 1.29 is 13.5 Å². The molecular formula is C13H14F2N2O. The molecule has 96 valence electrons. The van der Waals surface area contributed by atoms with Crippen molar-refractivity contribution in [2.24, 2.45) is 0 Å².